The lowest BCUT2D eigenvalue weighted by molar-refractivity contribution is 0.0703. The summed E-state index contributed by atoms with van der Waals surface area (Å²) in [5, 5.41) is 0. The molecule has 0 amide bonds. The van der Waals surface area contributed by atoms with Crippen molar-refractivity contribution < 1.29 is 13.3 Å². The highest BCUT2D eigenvalue weighted by molar-refractivity contribution is 6.60. The second kappa shape index (κ2) is 8.94. The van der Waals surface area contributed by atoms with Gasteiger partial charge >= 0.3 is 8.80 Å². The summed E-state index contributed by atoms with van der Waals surface area (Å²) in [5.74, 6) is 0. The average Bonchev–Trinajstić information content (AvgIpc) is 2.91. The standard InChI is InChI=1S/C18H32N2O3Si/c1-6-21-24(22-7-2,23-8-3)11-9-10-20-14-19-17-12-15(4)16(5)13-18(17)20/h13H,6-12,14H2,1-5H3. The minimum absolute atomic E-state index is 0.637. The quantitative estimate of drug-likeness (QED) is 0.562. The first-order chi connectivity index (χ1) is 11.5. The number of hydrogen-bond donors (Lipinski definition) is 0. The molecule has 0 aromatic rings. The van der Waals surface area contributed by atoms with Gasteiger partial charge in [0, 0.05) is 38.8 Å². The van der Waals surface area contributed by atoms with Gasteiger partial charge in [-0.2, -0.15) is 0 Å². The first-order valence-corrected chi connectivity index (χ1v) is 11.1. The van der Waals surface area contributed by atoms with Crippen molar-refractivity contribution in [3.63, 3.8) is 0 Å². The van der Waals surface area contributed by atoms with Gasteiger partial charge in [-0.1, -0.05) is 5.57 Å². The van der Waals surface area contributed by atoms with E-state index in [2.05, 4.69) is 24.8 Å². The van der Waals surface area contributed by atoms with Crippen LogP contribution in [0, 0.1) is 0 Å². The van der Waals surface area contributed by atoms with Crippen LogP contribution in [0.25, 0.3) is 0 Å². The second-order valence-corrected chi connectivity index (χ2v) is 9.00. The van der Waals surface area contributed by atoms with Crippen LogP contribution in [0.15, 0.2) is 27.9 Å². The SMILES string of the molecule is CCO[Si](CCCN1CN=C2CC(C)=C(C)C=C21)(OCC)OCC. The van der Waals surface area contributed by atoms with Gasteiger partial charge in [-0.15, -0.1) is 0 Å². The van der Waals surface area contributed by atoms with Gasteiger partial charge in [-0.05, 0) is 52.7 Å². The highest BCUT2D eigenvalue weighted by Gasteiger charge is 2.40. The molecule has 136 valence electrons. The third kappa shape index (κ3) is 4.56. The van der Waals surface area contributed by atoms with Crippen LogP contribution in [0.4, 0.5) is 0 Å². The fourth-order valence-electron chi connectivity index (χ4n) is 3.23. The van der Waals surface area contributed by atoms with Crippen LogP contribution in [0.3, 0.4) is 0 Å². The van der Waals surface area contributed by atoms with Gasteiger partial charge in [-0.3, -0.25) is 4.99 Å². The van der Waals surface area contributed by atoms with E-state index in [1.165, 1.54) is 22.6 Å². The van der Waals surface area contributed by atoms with E-state index in [1.807, 2.05) is 20.8 Å². The maximum atomic E-state index is 5.94. The molecule has 6 heteroatoms. The number of hydrogen-bond acceptors (Lipinski definition) is 5. The molecule has 0 saturated carbocycles. The van der Waals surface area contributed by atoms with E-state index in [-0.39, 0.29) is 0 Å². The number of aliphatic imine (C=N–C) groups is 1. The first kappa shape index (κ1) is 19.4. The van der Waals surface area contributed by atoms with Crippen molar-refractivity contribution >= 4 is 14.5 Å². The van der Waals surface area contributed by atoms with Gasteiger partial charge in [-0.25, -0.2) is 0 Å². The van der Waals surface area contributed by atoms with Gasteiger partial charge in [0.15, 0.2) is 0 Å². The Labute approximate surface area is 147 Å². The van der Waals surface area contributed by atoms with E-state index in [1.54, 1.807) is 0 Å². The van der Waals surface area contributed by atoms with Gasteiger partial charge in [0.1, 0.15) is 6.67 Å². The third-order valence-electron chi connectivity index (χ3n) is 4.53. The van der Waals surface area contributed by atoms with Crippen LogP contribution >= 0.6 is 0 Å². The molecule has 1 aliphatic heterocycles. The van der Waals surface area contributed by atoms with Gasteiger partial charge in [0.25, 0.3) is 0 Å². The van der Waals surface area contributed by atoms with Gasteiger partial charge in [0.2, 0.25) is 0 Å². The zero-order valence-electron chi connectivity index (χ0n) is 15.9. The highest BCUT2D eigenvalue weighted by atomic mass is 28.4. The predicted molar refractivity (Wildman–Crippen MR) is 100 cm³/mol. The molecule has 5 nitrogen and oxygen atoms in total. The Balaban J connectivity index is 1.94. The average molecular weight is 353 g/mol. The molecule has 0 radical (unpaired) electrons. The molecule has 1 heterocycles. The summed E-state index contributed by atoms with van der Waals surface area (Å²) in [7, 11) is -2.53. The fourth-order valence-corrected chi connectivity index (χ4v) is 5.82. The molecule has 0 unspecified atom stereocenters. The van der Waals surface area contributed by atoms with E-state index in [0.717, 1.165) is 32.1 Å². The summed E-state index contributed by atoms with van der Waals surface area (Å²) in [5.41, 5.74) is 5.34. The van der Waals surface area contributed by atoms with E-state index in [9.17, 15) is 0 Å². The minimum Gasteiger partial charge on any atom is -0.374 e. The Morgan fingerprint density at radius 3 is 2.29 bits per heavy atom. The third-order valence-corrected chi connectivity index (χ3v) is 7.68. The van der Waals surface area contributed by atoms with Gasteiger partial charge < -0.3 is 18.2 Å². The van der Waals surface area contributed by atoms with Crippen molar-refractivity contribution in [1.29, 1.82) is 0 Å². The molecular formula is C18H32N2O3Si. The summed E-state index contributed by atoms with van der Waals surface area (Å²) < 4.78 is 17.8. The molecule has 0 fully saturated rings. The molecule has 0 spiro atoms. The second-order valence-electron chi connectivity index (χ2n) is 6.26. The molecule has 0 N–H and O–H groups in total. The van der Waals surface area contributed by atoms with Crippen LogP contribution < -0.4 is 0 Å². The Kier molecular flexibility index (Phi) is 7.22. The zero-order chi connectivity index (χ0) is 17.6. The summed E-state index contributed by atoms with van der Waals surface area (Å²) >= 11 is 0. The largest absolute Gasteiger partial charge is 0.500 e. The molecule has 0 atom stereocenters. The normalized spacial score (nSPS) is 18.0. The Morgan fingerprint density at radius 2 is 1.71 bits per heavy atom. The smallest absolute Gasteiger partial charge is 0.374 e. The van der Waals surface area contributed by atoms with Crippen LogP contribution in [0.5, 0.6) is 0 Å². The molecule has 1 aliphatic carbocycles. The molecule has 0 aromatic carbocycles. The summed E-state index contributed by atoms with van der Waals surface area (Å²) in [6.07, 6.45) is 4.26. The maximum Gasteiger partial charge on any atom is 0.500 e. The molecule has 0 bridgehead atoms. The minimum atomic E-state index is -2.53. The van der Waals surface area contributed by atoms with Crippen LogP contribution in [-0.4, -0.2) is 52.5 Å². The number of allylic oxidation sites excluding steroid dienone is 4. The number of fused-ring (bicyclic) bond motifs is 1. The van der Waals surface area contributed by atoms with Crippen molar-refractivity contribution in [2.75, 3.05) is 33.0 Å². The van der Waals surface area contributed by atoms with Crippen LogP contribution in [-0.2, 0) is 13.3 Å². The zero-order valence-corrected chi connectivity index (χ0v) is 16.9. The van der Waals surface area contributed by atoms with E-state index in [4.69, 9.17) is 18.3 Å². The molecular weight excluding hydrogens is 320 g/mol. The fraction of sp³-hybridized carbons (Fsp3) is 0.722. The number of nitrogens with zero attached hydrogens (tertiary/aromatic N) is 2. The lowest BCUT2D eigenvalue weighted by Gasteiger charge is -2.29. The summed E-state index contributed by atoms with van der Waals surface area (Å²) in [4.78, 5) is 7.08. The molecule has 2 rings (SSSR count). The van der Waals surface area contributed by atoms with E-state index < -0.39 is 8.80 Å². The molecule has 0 aromatic heterocycles. The Morgan fingerprint density at radius 1 is 1.08 bits per heavy atom. The van der Waals surface area contributed by atoms with Crippen molar-refractivity contribution in [1.82, 2.24) is 4.90 Å². The highest BCUT2D eigenvalue weighted by Crippen LogP contribution is 2.28. The van der Waals surface area contributed by atoms with Crippen molar-refractivity contribution in [2.45, 2.75) is 53.5 Å². The Bertz CT molecular complexity index is 511. The molecule has 24 heavy (non-hydrogen) atoms. The van der Waals surface area contributed by atoms with E-state index in [0.29, 0.717) is 19.8 Å². The maximum absolute atomic E-state index is 5.94. The topological polar surface area (TPSA) is 43.3 Å². The van der Waals surface area contributed by atoms with E-state index >= 15 is 0 Å². The van der Waals surface area contributed by atoms with Crippen LogP contribution in [0.1, 0.15) is 47.5 Å². The molecule has 2 aliphatic rings. The van der Waals surface area contributed by atoms with Crippen molar-refractivity contribution in [2.24, 2.45) is 4.99 Å². The summed E-state index contributed by atoms with van der Waals surface area (Å²) in [6.45, 7) is 14.0. The summed E-state index contributed by atoms with van der Waals surface area (Å²) in [6, 6.07) is 0.857. The predicted octanol–water partition coefficient (Wildman–Crippen LogP) is 3.76. The number of rotatable bonds is 10. The first-order valence-electron chi connectivity index (χ1n) is 9.13. The van der Waals surface area contributed by atoms with Gasteiger partial charge in [0.05, 0.1) is 11.4 Å². The van der Waals surface area contributed by atoms with Crippen molar-refractivity contribution in [3.05, 3.63) is 22.9 Å². The monoisotopic (exact) mass is 352 g/mol. The van der Waals surface area contributed by atoms with Crippen LogP contribution in [0.2, 0.25) is 6.04 Å². The lowest BCUT2D eigenvalue weighted by Crippen LogP contribution is -2.46. The Hall–Kier alpha value is -0.953. The lowest BCUT2D eigenvalue weighted by atomic mass is 9.96. The molecule has 0 saturated heterocycles. The van der Waals surface area contributed by atoms with Crippen molar-refractivity contribution in [3.8, 4) is 0 Å².